The van der Waals surface area contributed by atoms with Crippen molar-refractivity contribution in [3.05, 3.63) is 29.6 Å². The molecule has 0 unspecified atom stereocenters. The van der Waals surface area contributed by atoms with Crippen LogP contribution in [0.15, 0.2) is 16.9 Å². The average molecular weight is 219 g/mol. The number of hydrogen-bond acceptors (Lipinski definition) is 5. The van der Waals surface area contributed by atoms with E-state index >= 15 is 0 Å². The van der Waals surface area contributed by atoms with Gasteiger partial charge in [-0.3, -0.25) is 0 Å². The second kappa shape index (κ2) is 3.73. The standard InChI is InChI=1S/C10H9N3O3/c1-5-3-11-9(13-8(5)10(14)15)7-4-16-6(2)12-7/h3-4H,1-2H3,(H,14,15). The van der Waals surface area contributed by atoms with Crippen molar-refractivity contribution in [3.8, 4) is 11.5 Å². The number of aromatic nitrogens is 3. The molecule has 16 heavy (non-hydrogen) atoms. The Balaban J connectivity index is 2.51. The maximum Gasteiger partial charge on any atom is 0.354 e. The molecule has 6 heteroatoms. The molecule has 82 valence electrons. The third kappa shape index (κ3) is 1.77. The van der Waals surface area contributed by atoms with Gasteiger partial charge in [0.05, 0.1) is 0 Å². The number of carboxylic acid groups (broad SMARTS) is 1. The van der Waals surface area contributed by atoms with Crippen molar-refractivity contribution in [3.63, 3.8) is 0 Å². The second-order valence-corrected chi connectivity index (χ2v) is 3.28. The molecule has 0 aliphatic carbocycles. The molecule has 2 aromatic rings. The van der Waals surface area contributed by atoms with Crippen LogP contribution < -0.4 is 0 Å². The number of oxazole rings is 1. The number of carboxylic acids is 1. The van der Waals surface area contributed by atoms with Crippen LogP contribution in [0.3, 0.4) is 0 Å². The van der Waals surface area contributed by atoms with Gasteiger partial charge in [-0.05, 0) is 6.92 Å². The van der Waals surface area contributed by atoms with Gasteiger partial charge in [0, 0.05) is 18.7 Å². The van der Waals surface area contributed by atoms with Crippen LogP contribution in [0.5, 0.6) is 0 Å². The zero-order chi connectivity index (χ0) is 11.7. The fourth-order valence-corrected chi connectivity index (χ4v) is 1.25. The summed E-state index contributed by atoms with van der Waals surface area (Å²) in [5, 5.41) is 8.91. The molecule has 0 saturated heterocycles. The van der Waals surface area contributed by atoms with E-state index in [1.54, 1.807) is 13.8 Å². The van der Waals surface area contributed by atoms with Crippen LogP contribution >= 0.6 is 0 Å². The number of aromatic carboxylic acids is 1. The molecule has 0 fully saturated rings. The highest BCUT2D eigenvalue weighted by atomic mass is 16.4. The minimum Gasteiger partial charge on any atom is -0.477 e. The maximum atomic E-state index is 10.9. The predicted molar refractivity (Wildman–Crippen MR) is 54.0 cm³/mol. The Hall–Kier alpha value is -2.24. The van der Waals surface area contributed by atoms with Crippen LogP contribution in [0.4, 0.5) is 0 Å². The number of rotatable bonds is 2. The van der Waals surface area contributed by atoms with Crippen molar-refractivity contribution in [2.75, 3.05) is 0 Å². The van der Waals surface area contributed by atoms with E-state index in [2.05, 4.69) is 15.0 Å². The van der Waals surface area contributed by atoms with E-state index in [1.807, 2.05) is 0 Å². The lowest BCUT2D eigenvalue weighted by atomic mass is 10.2. The Kier molecular flexibility index (Phi) is 2.40. The van der Waals surface area contributed by atoms with Gasteiger partial charge in [-0.1, -0.05) is 0 Å². The number of carbonyl (C=O) groups is 1. The summed E-state index contributed by atoms with van der Waals surface area (Å²) in [5.41, 5.74) is 0.919. The smallest absolute Gasteiger partial charge is 0.354 e. The van der Waals surface area contributed by atoms with Gasteiger partial charge in [-0.15, -0.1) is 0 Å². The summed E-state index contributed by atoms with van der Waals surface area (Å²) in [6.07, 6.45) is 2.85. The van der Waals surface area contributed by atoms with E-state index in [-0.39, 0.29) is 11.5 Å². The Morgan fingerprint density at radius 2 is 2.12 bits per heavy atom. The van der Waals surface area contributed by atoms with Crippen molar-refractivity contribution >= 4 is 5.97 Å². The minimum atomic E-state index is -1.08. The zero-order valence-electron chi connectivity index (χ0n) is 8.76. The molecule has 2 heterocycles. The Bertz CT molecular complexity index is 548. The molecule has 0 spiro atoms. The van der Waals surface area contributed by atoms with E-state index in [9.17, 15) is 4.79 Å². The predicted octanol–water partition coefficient (Wildman–Crippen LogP) is 1.45. The van der Waals surface area contributed by atoms with Gasteiger partial charge >= 0.3 is 5.97 Å². The molecule has 2 aromatic heterocycles. The first-order valence-electron chi connectivity index (χ1n) is 4.57. The monoisotopic (exact) mass is 219 g/mol. The van der Waals surface area contributed by atoms with E-state index in [1.165, 1.54) is 12.5 Å². The highest BCUT2D eigenvalue weighted by Crippen LogP contribution is 2.15. The maximum absolute atomic E-state index is 10.9. The van der Waals surface area contributed by atoms with Gasteiger partial charge in [0.1, 0.15) is 12.0 Å². The zero-order valence-corrected chi connectivity index (χ0v) is 8.76. The van der Waals surface area contributed by atoms with E-state index < -0.39 is 5.97 Å². The van der Waals surface area contributed by atoms with Gasteiger partial charge in [0.15, 0.2) is 17.4 Å². The first-order chi connectivity index (χ1) is 7.58. The topological polar surface area (TPSA) is 89.1 Å². The molecule has 0 radical (unpaired) electrons. The van der Waals surface area contributed by atoms with Gasteiger partial charge in [-0.2, -0.15) is 0 Å². The Labute approximate surface area is 91.0 Å². The molecular formula is C10H9N3O3. The molecule has 2 rings (SSSR count). The van der Waals surface area contributed by atoms with Crippen LogP contribution in [-0.4, -0.2) is 26.0 Å². The van der Waals surface area contributed by atoms with Gasteiger partial charge in [0.25, 0.3) is 0 Å². The molecule has 0 aliphatic rings. The second-order valence-electron chi connectivity index (χ2n) is 3.28. The summed E-state index contributed by atoms with van der Waals surface area (Å²) < 4.78 is 5.01. The molecule has 0 amide bonds. The number of hydrogen-bond donors (Lipinski definition) is 1. The molecule has 0 atom stereocenters. The highest BCUT2D eigenvalue weighted by molar-refractivity contribution is 5.87. The summed E-state index contributed by atoms with van der Waals surface area (Å²) in [4.78, 5) is 22.8. The van der Waals surface area contributed by atoms with Crippen LogP contribution in [0.2, 0.25) is 0 Å². The first-order valence-corrected chi connectivity index (χ1v) is 4.57. The van der Waals surface area contributed by atoms with Crippen LogP contribution in [0.25, 0.3) is 11.5 Å². The third-order valence-corrected chi connectivity index (χ3v) is 2.02. The molecule has 0 bridgehead atoms. The van der Waals surface area contributed by atoms with Crippen molar-refractivity contribution in [2.24, 2.45) is 0 Å². The fraction of sp³-hybridized carbons (Fsp3) is 0.200. The molecule has 1 N–H and O–H groups in total. The van der Waals surface area contributed by atoms with Crippen molar-refractivity contribution in [1.82, 2.24) is 15.0 Å². The summed E-state index contributed by atoms with van der Waals surface area (Å²) in [7, 11) is 0. The van der Waals surface area contributed by atoms with E-state index in [0.29, 0.717) is 17.1 Å². The summed E-state index contributed by atoms with van der Waals surface area (Å²) in [6, 6.07) is 0. The lowest BCUT2D eigenvalue weighted by Crippen LogP contribution is -2.05. The van der Waals surface area contributed by atoms with E-state index in [0.717, 1.165) is 0 Å². The lowest BCUT2D eigenvalue weighted by Gasteiger charge is -2.00. The minimum absolute atomic E-state index is 0.0225. The average Bonchev–Trinajstić information content (AvgIpc) is 2.65. The molecule has 0 aliphatic heterocycles. The molecule has 0 saturated carbocycles. The van der Waals surface area contributed by atoms with Crippen LogP contribution in [0.1, 0.15) is 21.9 Å². The Morgan fingerprint density at radius 3 is 2.69 bits per heavy atom. The Morgan fingerprint density at radius 1 is 1.38 bits per heavy atom. The van der Waals surface area contributed by atoms with E-state index in [4.69, 9.17) is 9.52 Å². The first kappa shape index (κ1) is 10.3. The fourth-order valence-electron chi connectivity index (χ4n) is 1.25. The van der Waals surface area contributed by atoms with Crippen LogP contribution in [-0.2, 0) is 0 Å². The summed E-state index contributed by atoms with van der Waals surface area (Å²) in [6.45, 7) is 3.33. The van der Waals surface area contributed by atoms with Gasteiger partial charge in [-0.25, -0.2) is 19.7 Å². The normalized spacial score (nSPS) is 10.4. The quantitative estimate of drug-likeness (QED) is 0.822. The molecular weight excluding hydrogens is 210 g/mol. The highest BCUT2D eigenvalue weighted by Gasteiger charge is 2.13. The number of aryl methyl sites for hydroxylation is 2. The van der Waals surface area contributed by atoms with Crippen molar-refractivity contribution in [1.29, 1.82) is 0 Å². The summed E-state index contributed by atoms with van der Waals surface area (Å²) >= 11 is 0. The molecule has 6 nitrogen and oxygen atoms in total. The summed E-state index contributed by atoms with van der Waals surface area (Å²) in [5.74, 6) is -0.350. The van der Waals surface area contributed by atoms with Gasteiger partial charge < -0.3 is 9.52 Å². The van der Waals surface area contributed by atoms with Crippen LogP contribution in [0, 0.1) is 13.8 Å². The van der Waals surface area contributed by atoms with Gasteiger partial charge in [0.2, 0.25) is 0 Å². The van der Waals surface area contributed by atoms with Crippen molar-refractivity contribution < 1.29 is 14.3 Å². The van der Waals surface area contributed by atoms with Crippen molar-refractivity contribution in [2.45, 2.75) is 13.8 Å². The molecule has 0 aromatic carbocycles. The lowest BCUT2D eigenvalue weighted by molar-refractivity contribution is 0.0689. The number of nitrogens with zero attached hydrogens (tertiary/aromatic N) is 3. The third-order valence-electron chi connectivity index (χ3n) is 2.02. The largest absolute Gasteiger partial charge is 0.477 e. The SMILES string of the molecule is Cc1nc(-c2ncc(C)c(C(=O)O)n2)co1.